The normalized spacial score (nSPS) is 12.7. The molecule has 4 heteroatoms. The smallest absolute Gasteiger partial charge is 0.0917 e. The highest BCUT2D eigenvalue weighted by Crippen LogP contribution is 2.25. The van der Waals surface area contributed by atoms with E-state index in [-0.39, 0.29) is 6.10 Å². The first-order valence-electron chi connectivity index (χ1n) is 8.78. The quantitative estimate of drug-likeness (QED) is 0.493. The van der Waals surface area contributed by atoms with Gasteiger partial charge in [-0.1, -0.05) is 82.5 Å². The van der Waals surface area contributed by atoms with E-state index in [1.165, 1.54) is 69.3 Å². The lowest BCUT2D eigenvalue weighted by Gasteiger charge is -2.09. The number of unbranched alkanes of at least 4 members (excludes halogenated alkanes) is 9. The van der Waals surface area contributed by atoms with E-state index in [9.17, 15) is 5.11 Å². The van der Waals surface area contributed by atoms with Gasteiger partial charge in [-0.15, -0.1) is 5.10 Å². The predicted octanol–water partition coefficient (Wildman–Crippen LogP) is 5.44. The summed E-state index contributed by atoms with van der Waals surface area (Å²) in [5.74, 6) is 0. The van der Waals surface area contributed by atoms with Crippen LogP contribution >= 0.6 is 11.5 Å². The highest BCUT2D eigenvalue weighted by atomic mass is 32.1. The van der Waals surface area contributed by atoms with Crippen molar-refractivity contribution in [1.82, 2.24) is 9.59 Å². The summed E-state index contributed by atoms with van der Waals surface area (Å²) in [6.07, 6.45) is 14.7. The van der Waals surface area contributed by atoms with E-state index in [0.29, 0.717) is 0 Å². The number of aliphatic hydroxyl groups excluding tert-OH is 1. The highest BCUT2D eigenvalue weighted by Gasteiger charge is 2.15. The van der Waals surface area contributed by atoms with Crippen molar-refractivity contribution < 1.29 is 5.11 Å². The van der Waals surface area contributed by atoms with Crippen LogP contribution in [0.25, 0.3) is 0 Å². The minimum absolute atomic E-state index is 0.353. The molecule has 0 aromatic carbocycles. The summed E-state index contributed by atoms with van der Waals surface area (Å²) in [7, 11) is 0. The van der Waals surface area contributed by atoms with Crippen LogP contribution in [-0.4, -0.2) is 14.7 Å². The predicted molar refractivity (Wildman–Crippen MR) is 90.7 cm³/mol. The third kappa shape index (κ3) is 7.91. The molecule has 0 radical (unpaired) electrons. The molecule has 3 nitrogen and oxygen atoms in total. The standard InChI is InChI=1S/C17H32N2OS/c1-3-5-6-7-8-9-10-11-12-13-14-16(20)17-15(4-2)18-19-21-17/h16,20H,3-14H2,1-2H3. The SMILES string of the molecule is CCCCCCCCCCCCC(O)c1snnc1CC. The van der Waals surface area contributed by atoms with Crippen molar-refractivity contribution in [3.63, 3.8) is 0 Å². The van der Waals surface area contributed by atoms with Gasteiger partial charge in [-0.25, -0.2) is 0 Å². The Kier molecular flexibility index (Phi) is 10.7. The Balaban J connectivity index is 1.97. The maximum atomic E-state index is 10.2. The number of hydrogen-bond donors (Lipinski definition) is 1. The number of aromatic nitrogens is 2. The molecule has 1 rings (SSSR count). The summed E-state index contributed by atoms with van der Waals surface area (Å²) in [5.41, 5.74) is 0.972. The van der Waals surface area contributed by atoms with E-state index in [1.807, 2.05) is 0 Å². The van der Waals surface area contributed by atoms with Crippen LogP contribution in [0.1, 0.15) is 101 Å². The molecule has 122 valence electrons. The molecular weight excluding hydrogens is 280 g/mol. The Morgan fingerprint density at radius 2 is 1.48 bits per heavy atom. The number of aliphatic hydroxyl groups is 1. The molecule has 1 aromatic heterocycles. The van der Waals surface area contributed by atoms with Crippen LogP contribution in [-0.2, 0) is 6.42 Å². The zero-order valence-electron chi connectivity index (χ0n) is 13.8. The molecule has 0 aliphatic carbocycles. The van der Waals surface area contributed by atoms with E-state index < -0.39 is 0 Å². The molecule has 0 fully saturated rings. The van der Waals surface area contributed by atoms with E-state index in [0.717, 1.165) is 29.8 Å². The molecule has 0 saturated heterocycles. The van der Waals surface area contributed by atoms with Gasteiger partial charge in [0.15, 0.2) is 0 Å². The van der Waals surface area contributed by atoms with Crippen molar-refractivity contribution in [2.75, 3.05) is 0 Å². The van der Waals surface area contributed by atoms with Crippen molar-refractivity contribution >= 4 is 11.5 Å². The monoisotopic (exact) mass is 312 g/mol. The van der Waals surface area contributed by atoms with Crippen LogP contribution in [0.15, 0.2) is 0 Å². The number of rotatable bonds is 13. The fraction of sp³-hybridized carbons (Fsp3) is 0.882. The van der Waals surface area contributed by atoms with Gasteiger partial charge in [0.2, 0.25) is 0 Å². The van der Waals surface area contributed by atoms with Crippen molar-refractivity contribution in [1.29, 1.82) is 0 Å². The van der Waals surface area contributed by atoms with Gasteiger partial charge in [-0.2, -0.15) is 0 Å². The molecule has 0 spiro atoms. The Hall–Kier alpha value is -0.480. The Morgan fingerprint density at radius 1 is 0.905 bits per heavy atom. The molecular formula is C17H32N2OS. The number of nitrogens with zero attached hydrogens (tertiary/aromatic N) is 2. The largest absolute Gasteiger partial charge is 0.387 e. The fourth-order valence-electron chi connectivity index (χ4n) is 2.67. The second kappa shape index (κ2) is 12.1. The third-order valence-electron chi connectivity index (χ3n) is 4.05. The van der Waals surface area contributed by atoms with Gasteiger partial charge in [0, 0.05) is 0 Å². The first-order chi connectivity index (χ1) is 10.3. The van der Waals surface area contributed by atoms with Crippen LogP contribution in [0.4, 0.5) is 0 Å². The number of hydrogen-bond acceptors (Lipinski definition) is 4. The van der Waals surface area contributed by atoms with Crippen molar-refractivity contribution in [2.45, 2.75) is 97.0 Å². The lowest BCUT2D eigenvalue weighted by Crippen LogP contribution is -1.99. The molecule has 0 amide bonds. The summed E-state index contributed by atoms with van der Waals surface area (Å²) < 4.78 is 3.95. The van der Waals surface area contributed by atoms with Crippen LogP contribution in [0.2, 0.25) is 0 Å². The zero-order valence-corrected chi connectivity index (χ0v) is 14.6. The first-order valence-corrected chi connectivity index (χ1v) is 9.56. The summed E-state index contributed by atoms with van der Waals surface area (Å²) >= 11 is 1.35. The molecule has 1 aromatic rings. The summed E-state index contributed by atoms with van der Waals surface area (Å²) in [5, 5.41) is 14.2. The second-order valence-corrected chi connectivity index (χ2v) is 6.71. The zero-order chi connectivity index (χ0) is 15.3. The molecule has 0 aliphatic heterocycles. The van der Waals surface area contributed by atoms with E-state index >= 15 is 0 Å². The third-order valence-corrected chi connectivity index (χ3v) is 4.92. The topological polar surface area (TPSA) is 46.0 Å². The molecule has 1 heterocycles. The molecule has 0 saturated carbocycles. The molecule has 1 atom stereocenters. The molecule has 1 unspecified atom stereocenters. The van der Waals surface area contributed by atoms with Gasteiger partial charge >= 0.3 is 0 Å². The van der Waals surface area contributed by atoms with Crippen LogP contribution < -0.4 is 0 Å². The van der Waals surface area contributed by atoms with Crippen LogP contribution in [0.3, 0.4) is 0 Å². The minimum atomic E-state index is -0.353. The highest BCUT2D eigenvalue weighted by molar-refractivity contribution is 7.05. The van der Waals surface area contributed by atoms with Crippen molar-refractivity contribution in [2.24, 2.45) is 0 Å². The second-order valence-electron chi connectivity index (χ2n) is 5.92. The Morgan fingerprint density at radius 3 is 2.05 bits per heavy atom. The summed E-state index contributed by atoms with van der Waals surface area (Å²) in [6.45, 7) is 4.33. The fourth-order valence-corrected chi connectivity index (χ4v) is 3.43. The minimum Gasteiger partial charge on any atom is -0.387 e. The maximum Gasteiger partial charge on any atom is 0.0917 e. The Bertz CT molecular complexity index is 354. The number of aryl methyl sites for hydroxylation is 1. The summed E-state index contributed by atoms with van der Waals surface area (Å²) in [4.78, 5) is 0.980. The van der Waals surface area contributed by atoms with E-state index in [2.05, 4.69) is 23.4 Å². The van der Waals surface area contributed by atoms with Gasteiger partial charge < -0.3 is 5.11 Å². The van der Waals surface area contributed by atoms with Gasteiger partial charge in [-0.3, -0.25) is 0 Å². The van der Waals surface area contributed by atoms with Crippen molar-refractivity contribution in [3.8, 4) is 0 Å². The van der Waals surface area contributed by atoms with Gasteiger partial charge in [-0.05, 0) is 24.4 Å². The van der Waals surface area contributed by atoms with Crippen LogP contribution in [0, 0.1) is 0 Å². The van der Waals surface area contributed by atoms with Gasteiger partial charge in [0.25, 0.3) is 0 Å². The van der Waals surface area contributed by atoms with Gasteiger partial charge in [0.1, 0.15) is 0 Å². The molecule has 21 heavy (non-hydrogen) atoms. The lowest BCUT2D eigenvalue weighted by molar-refractivity contribution is 0.166. The van der Waals surface area contributed by atoms with Crippen LogP contribution in [0.5, 0.6) is 0 Å². The molecule has 0 bridgehead atoms. The lowest BCUT2D eigenvalue weighted by atomic mass is 10.0. The molecule has 0 aliphatic rings. The van der Waals surface area contributed by atoms with E-state index in [4.69, 9.17) is 0 Å². The summed E-state index contributed by atoms with van der Waals surface area (Å²) in [6, 6.07) is 0. The average molecular weight is 313 g/mol. The van der Waals surface area contributed by atoms with Crippen molar-refractivity contribution in [3.05, 3.63) is 10.6 Å². The van der Waals surface area contributed by atoms with E-state index in [1.54, 1.807) is 0 Å². The van der Waals surface area contributed by atoms with Gasteiger partial charge in [0.05, 0.1) is 16.7 Å². The molecule has 1 N–H and O–H groups in total. The Labute approximate surface area is 134 Å². The first kappa shape index (κ1) is 18.6. The maximum absolute atomic E-state index is 10.2. The average Bonchev–Trinajstić information content (AvgIpc) is 2.97.